The van der Waals surface area contributed by atoms with Gasteiger partial charge in [0, 0.05) is 13.7 Å². The Morgan fingerprint density at radius 2 is 2.08 bits per heavy atom. The van der Waals surface area contributed by atoms with E-state index in [9.17, 15) is 9.59 Å². The lowest BCUT2D eigenvalue weighted by atomic mass is 10.2. The Morgan fingerprint density at radius 3 is 2.46 bits per heavy atom. The summed E-state index contributed by atoms with van der Waals surface area (Å²) in [5.74, 6) is -1.15. The molecule has 0 aliphatic rings. The van der Waals surface area contributed by atoms with Gasteiger partial charge in [-0.05, 0) is 0 Å². The molecule has 0 saturated heterocycles. The highest BCUT2D eigenvalue weighted by Crippen LogP contribution is 1.89. The number of nitrogens with one attached hydrogen (secondary N) is 1. The summed E-state index contributed by atoms with van der Waals surface area (Å²) in [4.78, 5) is 21.2. The number of primary amides is 2. The molecule has 0 bridgehead atoms. The van der Waals surface area contributed by atoms with Crippen LogP contribution in [0, 0.1) is 0 Å². The molecule has 5 N–H and O–H groups in total. The summed E-state index contributed by atoms with van der Waals surface area (Å²) in [6, 6.07) is -0.701. The predicted octanol–water partition coefficient (Wildman–Crippen LogP) is -2.05. The van der Waals surface area contributed by atoms with Crippen molar-refractivity contribution in [3.05, 3.63) is 0 Å². The van der Waals surface area contributed by atoms with Gasteiger partial charge < -0.3 is 21.5 Å². The summed E-state index contributed by atoms with van der Waals surface area (Å²) in [6.07, 6.45) is -0.0843. The third-order valence-corrected chi connectivity index (χ3v) is 1.45. The highest BCUT2D eigenvalue weighted by Gasteiger charge is 2.16. The molecule has 76 valence electrons. The maximum atomic E-state index is 10.7. The van der Waals surface area contributed by atoms with Crippen LogP contribution in [0.15, 0.2) is 0 Å². The fraction of sp³-hybridized carbons (Fsp3) is 0.714. The molecule has 13 heavy (non-hydrogen) atoms. The zero-order chi connectivity index (χ0) is 10.3. The van der Waals surface area contributed by atoms with Crippen LogP contribution in [0.25, 0.3) is 0 Å². The molecular weight excluding hydrogens is 174 g/mol. The smallest absolute Gasteiger partial charge is 0.235 e. The lowest BCUT2D eigenvalue weighted by Crippen LogP contribution is -2.44. The van der Waals surface area contributed by atoms with Gasteiger partial charge in [0.05, 0.1) is 19.1 Å². The molecule has 0 aromatic heterocycles. The second-order valence-electron chi connectivity index (χ2n) is 2.57. The minimum absolute atomic E-state index is 0.0843. The summed E-state index contributed by atoms with van der Waals surface area (Å²) in [6.45, 7) is 0.903. The number of ether oxygens (including phenoxy) is 1. The number of nitrogens with two attached hydrogens (primary N) is 2. The summed E-state index contributed by atoms with van der Waals surface area (Å²) < 4.78 is 4.75. The van der Waals surface area contributed by atoms with Crippen molar-refractivity contribution in [1.29, 1.82) is 0 Å². The molecule has 0 aromatic carbocycles. The monoisotopic (exact) mass is 189 g/mol. The third kappa shape index (κ3) is 6.06. The van der Waals surface area contributed by atoms with Gasteiger partial charge in [-0.3, -0.25) is 9.59 Å². The predicted molar refractivity (Wildman–Crippen MR) is 46.7 cm³/mol. The van der Waals surface area contributed by atoms with Crippen LogP contribution in [0.4, 0.5) is 0 Å². The minimum atomic E-state index is -0.701. The van der Waals surface area contributed by atoms with Crippen molar-refractivity contribution in [1.82, 2.24) is 5.32 Å². The summed E-state index contributed by atoms with van der Waals surface area (Å²) >= 11 is 0. The van der Waals surface area contributed by atoms with Gasteiger partial charge in [-0.15, -0.1) is 0 Å². The number of carbonyl (C=O) groups excluding carboxylic acids is 2. The van der Waals surface area contributed by atoms with Crippen LogP contribution in [0.3, 0.4) is 0 Å². The highest BCUT2D eigenvalue weighted by atomic mass is 16.5. The highest BCUT2D eigenvalue weighted by molar-refractivity contribution is 5.86. The molecule has 6 nitrogen and oxygen atoms in total. The molecule has 0 aliphatic heterocycles. The minimum Gasteiger partial charge on any atom is -0.383 e. The molecule has 0 rings (SSSR count). The fourth-order valence-electron chi connectivity index (χ4n) is 0.810. The van der Waals surface area contributed by atoms with Gasteiger partial charge in [-0.1, -0.05) is 0 Å². The van der Waals surface area contributed by atoms with Crippen molar-refractivity contribution in [3.8, 4) is 0 Å². The summed E-state index contributed by atoms with van der Waals surface area (Å²) in [7, 11) is 1.54. The Balaban J connectivity index is 3.81. The van der Waals surface area contributed by atoms with E-state index < -0.39 is 17.9 Å². The molecule has 2 amide bonds. The molecular formula is C7H15N3O3. The zero-order valence-electron chi connectivity index (χ0n) is 7.58. The first-order valence-corrected chi connectivity index (χ1v) is 3.88. The van der Waals surface area contributed by atoms with Gasteiger partial charge in [0.25, 0.3) is 0 Å². The SMILES string of the molecule is COCCN[C@@H](CC(N)=O)C(N)=O. The van der Waals surface area contributed by atoms with E-state index in [1.54, 1.807) is 0 Å². The molecule has 6 heteroatoms. The average molecular weight is 189 g/mol. The van der Waals surface area contributed by atoms with Crippen LogP contribution in [0.1, 0.15) is 6.42 Å². The number of carbonyl (C=O) groups is 2. The Kier molecular flexibility index (Phi) is 5.82. The number of hydrogen-bond donors (Lipinski definition) is 3. The van der Waals surface area contributed by atoms with Gasteiger partial charge in [-0.2, -0.15) is 0 Å². The van der Waals surface area contributed by atoms with E-state index in [1.165, 1.54) is 7.11 Å². The Morgan fingerprint density at radius 1 is 1.46 bits per heavy atom. The van der Waals surface area contributed by atoms with Crippen LogP contribution in [-0.4, -0.2) is 38.1 Å². The van der Waals surface area contributed by atoms with E-state index in [0.29, 0.717) is 13.2 Å². The molecule has 0 unspecified atom stereocenters. The van der Waals surface area contributed by atoms with E-state index in [2.05, 4.69) is 5.32 Å². The van der Waals surface area contributed by atoms with Gasteiger partial charge >= 0.3 is 0 Å². The summed E-state index contributed by atoms with van der Waals surface area (Å²) in [5, 5.41) is 2.75. The lowest BCUT2D eigenvalue weighted by molar-refractivity contribution is -0.125. The Hall–Kier alpha value is -1.14. The largest absolute Gasteiger partial charge is 0.383 e. The summed E-state index contributed by atoms with van der Waals surface area (Å²) in [5.41, 5.74) is 9.93. The van der Waals surface area contributed by atoms with Gasteiger partial charge in [0.15, 0.2) is 0 Å². The van der Waals surface area contributed by atoms with Crippen molar-refractivity contribution < 1.29 is 14.3 Å². The third-order valence-electron chi connectivity index (χ3n) is 1.45. The van der Waals surface area contributed by atoms with E-state index in [-0.39, 0.29) is 6.42 Å². The van der Waals surface area contributed by atoms with Crippen molar-refractivity contribution in [2.24, 2.45) is 11.5 Å². The van der Waals surface area contributed by atoms with Crippen LogP contribution in [0.2, 0.25) is 0 Å². The van der Waals surface area contributed by atoms with Gasteiger partial charge in [0.1, 0.15) is 0 Å². The lowest BCUT2D eigenvalue weighted by Gasteiger charge is -2.12. The zero-order valence-corrected chi connectivity index (χ0v) is 7.58. The first-order chi connectivity index (χ1) is 6.07. The molecule has 0 heterocycles. The van der Waals surface area contributed by atoms with Crippen LogP contribution < -0.4 is 16.8 Å². The van der Waals surface area contributed by atoms with E-state index in [0.717, 1.165) is 0 Å². The topological polar surface area (TPSA) is 107 Å². The van der Waals surface area contributed by atoms with E-state index in [1.807, 2.05) is 0 Å². The van der Waals surface area contributed by atoms with Crippen LogP contribution in [0.5, 0.6) is 0 Å². The maximum Gasteiger partial charge on any atom is 0.235 e. The van der Waals surface area contributed by atoms with Crippen LogP contribution >= 0.6 is 0 Å². The average Bonchev–Trinajstić information content (AvgIpc) is 2.02. The molecule has 0 fully saturated rings. The molecule has 1 atom stereocenters. The molecule has 0 spiro atoms. The molecule has 0 saturated carbocycles. The standard InChI is InChI=1S/C7H15N3O3/c1-13-3-2-10-5(7(9)12)4-6(8)11/h5,10H,2-4H2,1H3,(H2,8,11)(H2,9,12)/t5-/m0/s1. The number of amides is 2. The first-order valence-electron chi connectivity index (χ1n) is 3.88. The number of hydrogen-bond acceptors (Lipinski definition) is 4. The Labute approximate surface area is 76.6 Å². The quantitative estimate of drug-likeness (QED) is 0.401. The fourth-order valence-corrected chi connectivity index (χ4v) is 0.810. The van der Waals surface area contributed by atoms with Gasteiger partial charge in [-0.25, -0.2) is 0 Å². The van der Waals surface area contributed by atoms with Crippen LogP contribution in [-0.2, 0) is 14.3 Å². The molecule has 0 aliphatic carbocycles. The molecule has 0 radical (unpaired) electrons. The number of rotatable bonds is 7. The van der Waals surface area contributed by atoms with E-state index >= 15 is 0 Å². The first kappa shape index (κ1) is 11.9. The second-order valence-corrected chi connectivity index (χ2v) is 2.57. The van der Waals surface area contributed by atoms with Crippen molar-refractivity contribution in [2.45, 2.75) is 12.5 Å². The van der Waals surface area contributed by atoms with E-state index in [4.69, 9.17) is 16.2 Å². The number of methoxy groups -OCH3 is 1. The second kappa shape index (κ2) is 6.38. The molecule has 0 aromatic rings. The van der Waals surface area contributed by atoms with Crippen molar-refractivity contribution in [2.75, 3.05) is 20.3 Å². The van der Waals surface area contributed by atoms with Gasteiger partial charge in [0.2, 0.25) is 11.8 Å². The van der Waals surface area contributed by atoms with Crippen molar-refractivity contribution in [3.63, 3.8) is 0 Å². The maximum absolute atomic E-state index is 10.7. The Bertz CT molecular complexity index is 184. The van der Waals surface area contributed by atoms with Crippen molar-refractivity contribution >= 4 is 11.8 Å². The normalized spacial score (nSPS) is 12.4.